The van der Waals surface area contributed by atoms with Crippen LogP contribution in [0.2, 0.25) is 0 Å². The van der Waals surface area contributed by atoms with E-state index in [4.69, 9.17) is 24.3 Å². The maximum absolute atomic E-state index is 12.8. The van der Waals surface area contributed by atoms with Crippen LogP contribution >= 0.6 is 7.82 Å². The number of carbonyl (C=O) groups is 2. The van der Waals surface area contributed by atoms with Crippen LogP contribution in [0.1, 0.15) is 309 Å². The maximum Gasteiger partial charge on any atom is 0.472 e. The molecular weight excluding hydrogens is 1100 g/mol. The van der Waals surface area contributed by atoms with Crippen LogP contribution in [0.25, 0.3) is 0 Å². The average molecular weight is 1230 g/mol. The Labute approximate surface area is 535 Å². The number of rotatable bonds is 66. The van der Waals surface area contributed by atoms with Crippen molar-refractivity contribution in [1.82, 2.24) is 0 Å². The number of carbonyl (C=O) groups excluding carboxylic acids is 2. The molecule has 10 heteroatoms. The largest absolute Gasteiger partial charge is 0.472 e. The van der Waals surface area contributed by atoms with Crippen molar-refractivity contribution in [1.29, 1.82) is 0 Å². The topological polar surface area (TPSA) is 134 Å². The second kappa shape index (κ2) is 71.2. The van der Waals surface area contributed by atoms with Gasteiger partial charge in [0.05, 0.1) is 13.2 Å². The van der Waals surface area contributed by atoms with Gasteiger partial charge >= 0.3 is 19.8 Å². The molecule has 0 saturated heterocycles. The van der Waals surface area contributed by atoms with Gasteiger partial charge in [-0.3, -0.25) is 18.6 Å². The zero-order valence-corrected chi connectivity index (χ0v) is 56.9. The summed E-state index contributed by atoms with van der Waals surface area (Å²) < 4.78 is 33.2. The molecule has 0 aromatic rings. The lowest BCUT2D eigenvalue weighted by Crippen LogP contribution is -2.29. The Morgan fingerprint density at radius 2 is 0.632 bits per heavy atom. The van der Waals surface area contributed by atoms with E-state index < -0.39 is 26.5 Å². The Hall–Kier alpha value is -3.85. The van der Waals surface area contributed by atoms with Gasteiger partial charge in [-0.2, -0.15) is 0 Å². The summed E-state index contributed by atoms with van der Waals surface area (Å²) in [6, 6.07) is 0. The number of unbranched alkanes of at least 4 members (excludes halogenated alkanes) is 31. The molecule has 0 bridgehead atoms. The molecule has 0 spiro atoms. The van der Waals surface area contributed by atoms with Crippen LogP contribution in [-0.2, 0) is 32.7 Å². The van der Waals surface area contributed by atoms with E-state index in [0.29, 0.717) is 6.42 Å². The van der Waals surface area contributed by atoms with Crippen molar-refractivity contribution in [3.8, 4) is 0 Å². The monoisotopic (exact) mass is 1230 g/mol. The number of ether oxygens (including phenoxy) is 2. The minimum atomic E-state index is -4.40. The Morgan fingerprint density at radius 1 is 0.356 bits per heavy atom. The van der Waals surface area contributed by atoms with Crippen molar-refractivity contribution in [2.45, 2.75) is 315 Å². The third kappa shape index (κ3) is 71.1. The molecule has 3 N–H and O–H groups in total. The number of esters is 2. The zero-order chi connectivity index (χ0) is 63.0. The molecular formula is C77H132NO8P. The summed E-state index contributed by atoms with van der Waals surface area (Å²) in [5, 5.41) is 0. The molecule has 0 aromatic carbocycles. The minimum absolute atomic E-state index is 0.0487. The molecule has 0 aliphatic carbocycles. The van der Waals surface area contributed by atoms with Crippen molar-refractivity contribution >= 4 is 19.8 Å². The molecule has 0 aliphatic rings. The molecule has 0 aliphatic heterocycles. The molecule has 0 amide bonds. The molecule has 2 atom stereocenters. The lowest BCUT2D eigenvalue weighted by Gasteiger charge is -2.19. The third-order valence-electron chi connectivity index (χ3n) is 15.0. The first-order valence-electron chi connectivity index (χ1n) is 35.7. The van der Waals surface area contributed by atoms with Gasteiger partial charge in [-0.1, -0.05) is 314 Å². The first kappa shape index (κ1) is 83.2. The lowest BCUT2D eigenvalue weighted by atomic mass is 10.0. The highest BCUT2D eigenvalue weighted by atomic mass is 31.2. The fraction of sp³-hybridized carbons (Fsp3) is 0.688. The van der Waals surface area contributed by atoms with Crippen LogP contribution in [0.3, 0.4) is 0 Å². The fourth-order valence-corrected chi connectivity index (χ4v) is 10.5. The number of phosphoric acid groups is 1. The van der Waals surface area contributed by atoms with Gasteiger partial charge in [-0.05, 0) is 116 Å². The summed E-state index contributed by atoms with van der Waals surface area (Å²) in [5.74, 6) is -0.828. The van der Waals surface area contributed by atoms with E-state index in [2.05, 4.69) is 148 Å². The number of allylic oxidation sites excluding steroid dienone is 22. The zero-order valence-electron chi connectivity index (χ0n) is 56.0. The second-order valence-corrected chi connectivity index (χ2v) is 24.8. The highest BCUT2D eigenvalue weighted by Crippen LogP contribution is 2.43. The fourth-order valence-electron chi connectivity index (χ4n) is 9.78. The number of hydrogen-bond acceptors (Lipinski definition) is 8. The third-order valence-corrected chi connectivity index (χ3v) is 16.0. The smallest absolute Gasteiger partial charge is 0.462 e. The Balaban J connectivity index is 3.88. The van der Waals surface area contributed by atoms with E-state index in [9.17, 15) is 19.0 Å². The predicted molar refractivity (Wildman–Crippen MR) is 376 cm³/mol. The van der Waals surface area contributed by atoms with E-state index in [1.807, 2.05) is 0 Å². The van der Waals surface area contributed by atoms with Gasteiger partial charge in [0.2, 0.25) is 0 Å². The molecule has 0 radical (unpaired) electrons. The van der Waals surface area contributed by atoms with Gasteiger partial charge < -0.3 is 20.1 Å². The number of nitrogens with two attached hydrogens (primary N) is 1. The van der Waals surface area contributed by atoms with Crippen LogP contribution in [0.4, 0.5) is 0 Å². The van der Waals surface area contributed by atoms with E-state index in [1.54, 1.807) is 0 Å². The molecule has 2 unspecified atom stereocenters. The molecule has 0 aromatic heterocycles. The lowest BCUT2D eigenvalue weighted by molar-refractivity contribution is -0.161. The first-order valence-corrected chi connectivity index (χ1v) is 37.2. The highest BCUT2D eigenvalue weighted by molar-refractivity contribution is 7.47. The second-order valence-electron chi connectivity index (χ2n) is 23.4. The molecule has 0 saturated carbocycles. The van der Waals surface area contributed by atoms with E-state index in [1.165, 1.54) is 167 Å². The Kier molecular flexibility index (Phi) is 68.1. The van der Waals surface area contributed by atoms with Gasteiger partial charge in [0, 0.05) is 19.4 Å². The average Bonchev–Trinajstić information content (AvgIpc) is 3.65. The van der Waals surface area contributed by atoms with Crippen molar-refractivity contribution in [3.05, 3.63) is 134 Å². The SMILES string of the molecule is CC/C=C\C/C=C\C/C=C\C/C=C\C/C=C\C/C=C\C/C=C\C/C=C\CCCCCCCCCCCCCCCCCCC(=O)OC(COC(=O)CCCCCCCCCCCC/C=C\C/C=C\C/C=C\CCCCCCC)COP(=O)(O)OCCN. The standard InChI is InChI=1S/C77H132NO8P/c1-3-5-7-9-11-13-15-17-19-21-23-25-27-29-30-31-32-33-34-35-36-37-38-39-40-41-42-43-44-46-48-50-52-54-56-58-60-62-64-66-68-70-77(80)86-75(74-85-87(81,82)84-72-71-78)73-83-76(79)69-67-65-63-61-59-57-55-53-51-49-47-45-28-26-24-22-20-18-16-14-12-10-8-6-4-2/h5,7,11,13,16-19,22-25,28-30,32-33,35-36,38-39,45,75H,3-4,6,8-10,12,14-15,20-21,26-27,31,34,37,40-44,46-74,78H2,1-2H3,(H,81,82)/b7-5-,13-11-,18-16-,19-17-,24-22-,25-23-,30-29-,33-32-,36-35-,39-38-,45-28-. The normalized spacial score (nSPS) is 13.7. The maximum atomic E-state index is 12.8. The van der Waals surface area contributed by atoms with Gasteiger partial charge in [-0.25, -0.2) is 4.57 Å². The molecule has 87 heavy (non-hydrogen) atoms. The van der Waals surface area contributed by atoms with E-state index in [0.717, 1.165) is 109 Å². The highest BCUT2D eigenvalue weighted by Gasteiger charge is 2.26. The van der Waals surface area contributed by atoms with Gasteiger partial charge in [0.1, 0.15) is 6.61 Å². The minimum Gasteiger partial charge on any atom is -0.462 e. The van der Waals surface area contributed by atoms with E-state index in [-0.39, 0.29) is 38.6 Å². The summed E-state index contributed by atoms with van der Waals surface area (Å²) in [6.45, 7) is 3.63. The van der Waals surface area contributed by atoms with Crippen LogP contribution in [0.5, 0.6) is 0 Å². The van der Waals surface area contributed by atoms with Crippen LogP contribution in [0.15, 0.2) is 134 Å². The van der Waals surface area contributed by atoms with Crippen LogP contribution in [-0.4, -0.2) is 49.3 Å². The summed E-state index contributed by atoms with van der Waals surface area (Å²) in [4.78, 5) is 35.4. The summed E-state index contributed by atoms with van der Waals surface area (Å²) in [7, 11) is -4.40. The van der Waals surface area contributed by atoms with Gasteiger partial charge in [0.15, 0.2) is 6.10 Å². The van der Waals surface area contributed by atoms with Crippen molar-refractivity contribution in [2.75, 3.05) is 26.4 Å². The van der Waals surface area contributed by atoms with Crippen LogP contribution in [0, 0.1) is 0 Å². The summed E-state index contributed by atoms with van der Waals surface area (Å²) in [5.41, 5.74) is 5.40. The summed E-state index contributed by atoms with van der Waals surface area (Å²) >= 11 is 0. The first-order chi connectivity index (χ1) is 42.8. The molecule has 9 nitrogen and oxygen atoms in total. The molecule has 498 valence electrons. The van der Waals surface area contributed by atoms with E-state index >= 15 is 0 Å². The molecule has 0 fully saturated rings. The Bertz CT molecular complexity index is 1890. The van der Waals surface area contributed by atoms with Crippen molar-refractivity contribution in [3.63, 3.8) is 0 Å². The number of phosphoric ester groups is 1. The number of hydrogen-bond donors (Lipinski definition) is 2. The van der Waals surface area contributed by atoms with Crippen molar-refractivity contribution in [2.24, 2.45) is 5.73 Å². The molecule has 0 heterocycles. The van der Waals surface area contributed by atoms with Gasteiger partial charge in [-0.15, -0.1) is 0 Å². The van der Waals surface area contributed by atoms with Gasteiger partial charge in [0.25, 0.3) is 0 Å². The van der Waals surface area contributed by atoms with Crippen molar-refractivity contribution < 1.29 is 37.6 Å². The molecule has 0 rings (SSSR count). The predicted octanol–water partition coefficient (Wildman–Crippen LogP) is 23.6. The Morgan fingerprint density at radius 3 is 0.943 bits per heavy atom. The summed E-state index contributed by atoms with van der Waals surface area (Å²) in [6.07, 6.45) is 101. The quantitative estimate of drug-likeness (QED) is 0.0264. The van der Waals surface area contributed by atoms with Crippen LogP contribution < -0.4 is 5.73 Å².